The van der Waals surface area contributed by atoms with E-state index in [1.807, 2.05) is 13.0 Å². The predicted octanol–water partition coefficient (Wildman–Crippen LogP) is 1.32. The number of aliphatic carboxylic acids is 1. The third kappa shape index (κ3) is 2.65. The van der Waals surface area contributed by atoms with Crippen LogP contribution in [0.3, 0.4) is 0 Å². The molecule has 0 aliphatic heterocycles. The summed E-state index contributed by atoms with van der Waals surface area (Å²) in [7, 11) is 0. The number of Topliss-reactive ketones (excluding diaryl/α,β-unsaturated/α-hetero) is 1. The van der Waals surface area contributed by atoms with Gasteiger partial charge in [-0.15, -0.1) is 0 Å². The molecule has 0 aromatic rings. The van der Waals surface area contributed by atoms with Crippen LogP contribution < -0.4 is 0 Å². The van der Waals surface area contributed by atoms with Crippen molar-refractivity contribution in [1.82, 2.24) is 0 Å². The van der Waals surface area contributed by atoms with E-state index in [9.17, 15) is 29.7 Å². The molecule has 0 unspecified atom stereocenters. The number of carboxylic acid groups (broad SMARTS) is 1. The van der Waals surface area contributed by atoms with Gasteiger partial charge in [0.25, 0.3) is 0 Å². The van der Waals surface area contributed by atoms with Crippen LogP contribution in [0, 0.1) is 22.7 Å². The van der Waals surface area contributed by atoms with Crippen molar-refractivity contribution in [3.63, 3.8) is 0 Å². The molecule has 0 aromatic heterocycles. The molecular formula is C23H28O7. The van der Waals surface area contributed by atoms with E-state index < -0.39 is 46.8 Å². The molecule has 0 aromatic carbocycles. The molecule has 0 radical (unpaired) electrons. The van der Waals surface area contributed by atoms with Crippen molar-refractivity contribution >= 4 is 17.5 Å². The second kappa shape index (κ2) is 6.70. The van der Waals surface area contributed by atoms with E-state index in [4.69, 9.17) is 5.11 Å². The number of ketones is 2. The number of rotatable bonds is 4. The molecule has 7 atom stereocenters. The lowest BCUT2D eigenvalue weighted by Crippen LogP contribution is -2.62. The molecule has 162 valence electrons. The van der Waals surface area contributed by atoms with Crippen LogP contribution in [0.15, 0.2) is 35.5 Å². The first-order chi connectivity index (χ1) is 13.9. The molecular weight excluding hydrogens is 388 g/mol. The maximum Gasteiger partial charge on any atom is 0.303 e. The van der Waals surface area contributed by atoms with Crippen LogP contribution in [0.1, 0.15) is 46.0 Å². The Hall–Kier alpha value is -2.09. The number of hydrogen-bond donors (Lipinski definition) is 4. The van der Waals surface area contributed by atoms with Crippen molar-refractivity contribution in [3.05, 3.63) is 35.5 Å². The standard InChI is InChI=1S/C23H28O7/c1-21-8-7-13(24)9-12(21)3-4-14-15-10-18(27)23(30,17(26)5-6-19(28)29)22(15,2)11-16(25)20(14)21/h7-10,14,16,18,20,25,27,30H,3-6,11H2,1-2H3,(H,28,29)/t14-,16-,18+,20+,21-,22-,23+/m0/s1. The zero-order valence-electron chi connectivity index (χ0n) is 17.2. The maximum absolute atomic E-state index is 12.9. The lowest BCUT2D eigenvalue weighted by atomic mass is 9.47. The van der Waals surface area contributed by atoms with E-state index in [-0.39, 0.29) is 30.5 Å². The van der Waals surface area contributed by atoms with E-state index in [0.717, 1.165) is 11.1 Å². The number of hydrogen-bond acceptors (Lipinski definition) is 6. The van der Waals surface area contributed by atoms with Crippen molar-refractivity contribution in [1.29, 1.82) is 0 Å². The van der Waals surface area contributed by atoms with Gasteiger partial charge in [-0.3, -0.25) is 14.4 Å². The van der Waals surface area contributed by atoms with Gasteiger partial charge >= 0.3 is 5.97 Å². The SMILES string of the molecule is C[C@]12C=CC(=O)C=C1CC[C@H]1C3=C[C@@H](O)[C@](O)(C(=O)CCC(=O)O)[C@@]3(C)C[C@H](O)[C@@H]12. The molecule has 2 saturated carbocycles. The lowest BCUT2D eigenvalue weighted by molar-refractivity contribution is -0.173. The highest BCUT2D eigenvalue weighted by molar-refractivity contribution is 6.01. The largest absolute Gasteiger partial charge is 0.481 e. The van der Waals surface area contributed by atoms with Gasteiger partial charge in [-0.2, -0.15) is 0 Å². The Bertz CT molecular complexity index is 915. The highest BCUT2D eigenvalue weighted by Gasteiger charge is 2.67. The summed E-state index contributed by atoms with van der Waals surface area (Å²) in [6, 6.07) is 0. The summed E-state index contributed by atoms with van der Waals surface area (Å²) in [6.07, 6.45) is 4.76. The summed E-state index contributed by atoms with van der Waals surface area (Å²) in [5.74, 6) is -2.35. The predicted molar refractivity (Wildman–Crippen MR) is 106 cm³/mol. The van der Waals surface area contributed by atoms with Crippen LogP contribution >= 0.6 is 0 Å². The van der Waals surface area contributed by atoms with E-state index >= 15 is 0 Å². The Morgan fingerprint density at radius 3 is 2.57 bits per heavy atom. The molecule has 0 bridgehead atoms. The van der Waals surface area contributed by atoms with Crippen LogP contribution in [0.4, 0.5) is 0 Å². The number of aliphatic hydroxyl groups excluding tert-OH is 2. The van der Waals surface area contributed by atoms with Crippen LogP contribution in [0.25, 0.3) is 0 Å². The molecule has 2 fully saturated rings. The minimum atomic E-state index is -2.17. The number of carboxylic acids is 1. The zero-order valence-corrected chi connectivity index (χ0v) is 17.2. The van der Waals surface area contributed by atoms with Gasteiger partial charge in [0.2, 0.25) is 0 Å². The van der Waals surface area contributed by atoms with Gasteiger partial charge in [0.1, 0.15) is 6.10 Å². The molecule has 4 aliphatic rings. The average Bonchev–Trinajstić information content (AvgIpc) is 2.87. The fourth-order valence-corrected chi connectivity index (χ4v) is 6.59. The fourth-order valence-electron chi connectivity index (χ4n) is 6.59. The normalized spacial score (nSPS) is 44.5. The highest BCUT2D eigenvalue weighted by atomic mass is 16.4. The number of allylic oxidation sites excluding steroid dienone is 4. The monoisotopic (exact) mass is 416 g/mol. The van der Waals surface area contributed by atoms with Crippen molar-refractivity contribution in [2.75, 3.05) is 0 Å². The third-order valence-electron chi connectivity index (χ3n) is 8.12. The molecule has 4 rings (SSSR count). The summed E-state index contributed by atoms with van der Waals surface area (Å²) in [5.41, 5.74) is -2.14. The Morgan fingerprint density at radius 2 is 1.90 bits per heavy atom. The second-order valence-corrected chi connectivity index (χ2v) is 9.61. The zero-order chi connectivity index (χ0) is 22.1. The fraction of sp³-hybridized carbons (Fsp3) is 0.609. The first-order valence-electron chi connectivity index (χ1n) is 10.4. The summed E-state index contributed by atoms with van der Waals surface area (Å²) in [6.45, 7) is 3.68. The molecule has 4 aliphatic carbocycles. The van der Waals surface area contributed by atoms with E-state index in [2.05, 4.69) is 0 Å². The molecule has 7 heteroatoms. The van der Waals surface area contributed by atoms with Crippen molar-refractivity contribution < 1.29 is 34.8 Å². The molecule has 30 heavy (non-hydrogen) atoms. The van der Waals surface area contributed by atoms with Crippen molar-refractivity contribution in [2.24, 2.45) is 22.7 Å². The highest BCUT2D eigenvalue weighted by Crippen LogP contribution is 2.65. The first-order valence-corrected chi connectivity index (χ1v) is 10.4. The van der Waals surface area contributed by atoms with Crippen LogP contribution in [0.2, 0.25) is 0 Å². The smallest absolute Gasteiger partial charge is 0.303 e. The van der Waals surface area contributed by atoms with Crippen LogP contribution in [-0.4, -0.2) is 55.8 Å². The second-order valence-electron chi connectivity index (χ2n) is 9.61. The van der Waals surface area contributed by atoms with Gasteiger partial charge in [0, 0.05) is 23.2 Å². The number of fused-ring (bicyclic) bond motifs is 5. The molecule has 0 amide bonds. The summed E-state index contributed by atoms with van der Waals surface area (Å²) in [4.78, 5) is 35.7. The van der Waals surface area contributed by atoms with Crippen LogP contribution in [0.5, 0.6) is 0 Å². The molecule has 7 nitrogen and oxygen atoms in total. The van der Waals surface area contributed by atoms with Gasteiger partial charge in [-0.25, -0.2) is 0 Å². The summed E-state index contributed by atoms with van der Waals surface area (Å²) < 4.78 is 0. The van der Waals surface area contributed by atoms with Crippen LogP contribution in [-0.2, 0) is 14.4 Å². The molecule has 4 N–H and O–H groups in total. The van der Waals surface area contributed by atoms with Gasteiger partial charge in [0.15, 0.2) is 17.2 Å². The summed E-state index contributed by atoms with van der Waals surface area (Å²) >= 11 is 0. The minimum absolute atomic E-state index is 0.0648. The van der Waals surface area contributed by atoms with E-state index in [0.29, 0.717) is 12.8 Å². The Kier molecular flexibility index (Phi) is 4.73. The minimum Gasteiger partial charge on any atom is -0.481 e. The topological polar surface area (TPSA) is 132 Å². The quantitative estimate of drug-likeness (QED) is 0.508. The number of carbonyl (C=O) groups is 3. The van der Waals surface area contributed by atoms with Gasteiger partial charge in [-0.1, -0.05) is 37.1 Å². The molecule has 0 saturated heterocycles. The first kappa shape index (κ1) is 21.2. The Labute approximate surface area is 174 Å². The Balaban J connectivity index is 1.73. The average molecular weight is 416 g/mol. The molecule has 0 spiro atoms. The van der Waals surface area contributed by atoms with Crippen molar-refractivity contribution in [3.8, 4) is 0 Å². The third-order valence-corrected chi connectivity index (χ3v) is 8.12. The lowest BCUT2D eigenvalue weighted by Gasteiger charge is -2.58. The maximum atomic E-state index is 12.9. The van der Waals surface area contributed by atoms with E-state index in [1.54, 1.807) is 13.0 Å². The van der Waals surface area contributed by atoms with Crippen molar-refractivity contribution in [2.45, 2.75) is 63.8 Å². The Morgan fingerprint density at radius 1 is 1.20 bits per heavy atom. The van der Waals surface area contributed by atoms with Gasteiger partial charge in [-0.05, 0) is 37.3 Å². The summed E-state index contributed by atoms with van der Waals surface area (Å²) in [5, 5.41) is 42.3. The number of aliphatic hydroxyl groups is 3. The molecule has 0 heterocycles. The van der Waals surface area contributed by atoms with Gasteiger partial charge in [0.05, 0.1) is 12.5 Å². The van der Waals surface area contributed by atoms with E-state index in [1.165, 1.54) is 12.2 Å². The van der Waals surface area contributed by atoms with Gasteiger partial charge < -0.3 is 20.4 Å². The number of carbonyl (C=O) groups excluding carboxylic acids is 2.